The van der Waals surface area contributed by atoms with Gasteiger partial charge >= 0.3 is 7.12 Å². The quantitative estimate of drug-likeness (QED) is 0.0377. The lowest BCUT2D eigenvalue weighted by Crippen LogP contribution is -2.50. The Labute approximate surface area is 481 Å². The van der Waals surface area contributed by atoms with E-state index in [0.29, 0.717) is 40.8 Å². The molecule has 4 atom stereocenters. The highest BCUT2D eigenvalue weighted by Gasteiger charge is 2.50. The molecule has 0 radical (unpaired) electrons. The van der Waals surface area contributed by atoms with Gasteiger partial charge in [0.15, 0.2) is 0 Å². The van der Waals surface area contributed by atoms with Crippen LogP contribution in [0.2, 0.25) is 16.6 Å². The van der Waals surface area contributed by atoms with Crippen LogP contribution in [0.25, 0.3) is 11.1 Å². The fraction of sp³-hybridized carbons (Fsp3) is 0.657. The summed E-state index contributed by atoms with van der Waals surface area (Å²) in [5.74, 6) is 5.42. The van der Waals surface area contributed by atoms with Gasteiger partial charge in [-0.25, -0.2) is 0 Å². The average Bonchev–Trinajstić information content (AvgIpc) is 3.54. The second-order valence-corrected chi connectivity index (χ2v) is 32.4. The Hall–Kier alpha value is -3.26. The summed E-state index contributed by atoms with van der Waals surface area (Å²) in [6.07, 6.45) is 24.7. The Balaban J connectivity index is 0.000000406. The molecular weight excluding hydrogens is 976 g/mol. The Bertz CT molecular complexity index is 2220. The van der Waals surface area contributed by atoms with Crippen molar-refractivity contribution in [2.45, 2.75) is 286 Å². The minimum absolute atomic E-state index is 0.146. The molecule has 2 fully saturated rings. The molecule has 6 nitrogen and oxygen atoms in total. The SMILES string of the molecule is C#CC[C@@H](C)C[C@H](O[Si](C(C)C)(C(C)C)C(C)C)C(=C)C.C=C1/C(=C\C=C(/CC)c2cccc(CCCCCC(C)(C)O)c2)C[C@@H](O)C[C@@H]1O.CC/C(=C\B1OC(C)(C)C(C)(C)O1)c1cccc(CCCCCC(C)(C)C)c1. The predicted molar refractivity (Wildman–Crippen MR) is 342 cm³/mol. The molecule has 0 amide bonds. The first-order valence-corrected chi connectivity index (χ1v) is 32.5. The van der Waals surface area contributed by atoms with E-state index in [1.165, 1.54) is 59.1 Å². The number of allylic oxidation sites excluding steroid dienone is 4. The van der Waals surface area contributed by atoms with E-state index < -0.39 is 26.1 Å². The molecular formula is C70H115BO6Si. The second kappa shape index (κ2) is 33.0. The number of rotatable bonds is 26. The van der Waals surface area contributed by atoms with E-state index in [-0.39, 0.29) is 24.4 Å². The van der Waals surface area contributed by atoms with E-state index in [1.54, 1.807) is 0 Å². The number of aryl methyl sites for hydroxylation is 2. The molecule has 438 valence electrons. The van der Waals surface area contributed by atoms with Crippen LogP contribution in [0.15, 0.2) is 96.5 Å². The van der Waals surface area contributed by atoms with Crippen LogP contribution in [-0.4, -0.2) is 65.9 Å². The monoisotopic (exact) mass is 1090 g/mol. The predicted octanol–water partition coefficient (Wildman–Crippen LogP) is 18.8. The first kappa shape index (κ1) is 70.8. The van der Waals surface area contributed by atoms with Crippen LogP contribution >= 0.6 is 0 Å². The zero-order valence-corrected chi connectivity index (χ0v) is 54.3. The van der Waals surface area contributed by atoms with E-state index in [4.69, 9.17) is 20.2 Å². The fourth-order valence-corrected chi connectivity index (χ4v) is 16.8. The number of aliphatic hydroxyl groups is 3. The molecule has 1 heterocycles. The molecule has 78 heavy (non-hydrogen) atoms. The molecule has 0 aromatic heterocycles. The number of aliphatic hydroxyl groups excluding tert-OH is 2. The second-order valence-electron chi connectivity index (χ2n) is 27.0. The van der Waals surface area contributed by atoms with Crippen LogP contribution in [0.4, 0.5) is 0 Å². The molecule has 0 spiro atoms. The zero-order valence-electron chi connectivity index (χ0n) is 53.3. The van der Waals surface area contributed by atoms with Gasteiger partial charge in [-0.05, 0) is 185 Å². The molecule has 0 bridgehead atoms. The first-order chi connectivity index (χ1) is 36.2. The van der Waals surface area contributed by atoms with Crippen LogP contribution < -0.4 is 0 Å². The molecule has 3 N–H and O–H groups in total. The molecule has 1 saturated carbocycles. The highest BCUT2D eigenvalue weighted by Crippen LogP contribution is 2.44. The van der Waals surface area contributed by atoms with Crippen molar-refractivity contribution in [2.24, 2.45) is 11.3 Å². The third-order valence-corrected chi connectivity index (χ3v) is 22.7. The Morgan fingerprint density at radius 3 is 1.72 bits per heavy atom. The lowest BCUT2D eigenvalue weighted by molar-refractivity contribution is 0.00578. The van der Waals surface area contributed by atoms with E-state index in [0.717, 1.165) is 80.9 Å². The lowest BCUT2D eigenvalue weighted by atomic mass is 9.83. The molecule has 1 aliphatic heterocycles. The van der Waals surface area contributed by atoms with E-state index in [1.807, 2.05) is 19.9 Å². The van der Waals surface area contributed by atoms with E-state index >= 15 is 0 Å². The number of terminal acetylenes is 1. The van der Waals surface area contributed by atoms with Crippen molar-refractivity contribution < 1.29 is 29.1 Å². The Morgan fingerprint density at radius 1 is 0.795 bits per heavy atom. The summed E-state index contributed by atoms with van der Waals surface area (Å²) in [5, 5.41) is 29.8. The third-order valence-electron chi connectivity index (χ3n) is 16.5. The van der Waals surface area contributed by atoms with Gasteiger partial charge in [-0.15, -0.1) is 12.3 Å². The molecule has 1 saturated heterocycles. The van der Waals surface area contributed by atoms with Crippen LogP contribution in [0, 0.1) is 23.7 Å². The summed E-state index contributed by atoms with van der Waals surface area (Å²) in [4.78, 5) is 0. The maximum atomic E-state index is 10.0. The van der Waals surface area contributed by atoms with Crippen LogP contribution in [0.1, 0.15) is 244 Å². The van der Waals surface area contributed by atoms with Gasteiger partial charge < -0.3 is 29.1 Å². The lowest BCUT2D eigenvalue weighted by Gasteiger charge is -2.45. The summed E-state index contributed by atoms with van der Waals surface area (Å²) in [6.45, 7) is 49.9. The molecule has 1 aliphatic carbocycles. The van der Waals surface area contributed by atoms with E-state index in [9.17, 15) is 15.3 Å². The molecule has 2 aromatic rings. The minimum Gasteiger partial charge on any atom is -0.409 e. The summed E-state index contributed by atoms with van der Waals surface area (Å²) in [7, 11) is -2.13. The summed E-state index contributed by atoms with van der Waals surface area (Å²) in [6, 6.07) is 17.7. The van der Waals surface area contributed by atoms with Crippen molar-refractivity contribution in [3.05, 3.63) is 119 Å². The maximum absolute atomic E-state index is 10.0. The van der Waals surface area contributed by atoms with Gasteiger partial charge in [0.2, 0.25) is 8.32 Å². The van der Waals surface area contributed by atoms with Gasteiger partial charge in [-0.2, -0.15) is 0 Å². The number of benzene rings is 2. The molecule has 8 heteroatoms. The molecule has 0 unspecified atom stereocenters. The zero-order chi connectivity index (χ0) is 59.2. The Morgan fingerprint density at radius 2 is 1.28 bits per heavy atom. The largest absolute Gasteiger partial charge is 0.487 e. The van der Waals surface area contributed by atoms with Crippen molar-refractivity contribution in [1.29, 1.82) is 0 Å². The summed E-state index contributed by atoms with van der Waals surface area (Å²) < 4.78 is 19.2. The van der Waals surface area contributed by atoms with E-state index in [2.05, 4.69) is 197 Å². The van der Waals surface area contributed by atoms with Crippen LogP contribution in [0.3, 0.4) is 0 Å². The van der Waals surface area contributed by atoms with Gasteiger partial charge in [0.25, 0.3) is 0 Å². The number of hydrogen-bond acceptors (Lipinski definition) is 6. The topological polar surface area (TPSA) is 88.4 Å². The first-order valence-electron chi connectivity index (χ1n) is 30.4. The third kappa shape index (κ3) is 24.1. The highest BCUT2D eigenvalue weighted by atomic mass is 28.4. The highest BCUT2D eigenvalue weighted by molar-refractivity contribution is 6.77. The van der Waals surface area contributed by atoms with Gasteiger partial charge in [-0.1, -0.05) is 194 Å². The van der Waals surface area contributed by atoms with Crippen LogP contribution in [0.5, 0.6) is 0 Å². The minimum atomic E-state index is -1.86. The normalized spacial score (nSPS) is 19.4. The standard InChI is InChI=1S/C26H38O3.C25H41BO2.C19H36OSi/c1-5-21(13-14-22-17-24(27)18-25(28)19(22)2)23-12-9-11-20(16-23)10-7-6-8-15-26(3,4)29;1-9-21(19-26-27-24(5,6)25(7,8)28-26)22-16-13-15-20(18-22)14-11-10-12-17-23(2,3)4;1-11-12-18(10)13-19(14(2)3)20-21(15(4)5,16(6)7)17(8)9/h9,11-14,16,24-25,27-29H,2,5-8,10,15,17-18H2,1,3-4H3;13,15-16,18-19H,9-12,14,17H2,1-8H3;1,15-19H,2,12-13H2,3-10H3/b21-13+,22-14-;21-19+;/t24-,25+;;18-,19+/m1.1/s1. The van der Waals surface area contributed by atoms with Gasteiger partial charge in [0.1, 0.15) is 0 Å². The van der Waals surface area contributed by atoms with Crippen molar-refractivity contribution in [1.82, 2.24) is 0 Å². The molecule has 4 rings (SSSR count). The summed E-state index contributed by atoms with van der Waals surface area (Å²) in [5.41, 5.74) is 11.7. The van der Waals surface area contributed by atoms with Crippen molar-refractivity contribution in [2.75, 3.05) is 0 Å². The molecule has 2 aromatic carbocycles. The number of unbranched alkanes of at least 4 members (excludes halogenated alkanes) is 4. The van der Waals surface area contributed by atoms with Crippen molar-refractivity contribution in [3.63, 3.8) is 0 Å². The van der Waals surface area contributed by atoms with Crippen molar-refractivity contribution >= 4 is 26.6 Å². The smallest absolute Gasteiger partial charge is 0.409 e. The molecule has 2 aliphatic rings. The van der Waals surface area contributed by atoms with Gasteiger partial charge in [0, 0.05) is 12.8 Å². The summed E-state index contributed by atoms with van der Waals surface area (Å²) >= 11 is 0. The number of hydrogen-bond donors (Lipinski definition) is 3. The van der Waals surface area contributed by atoms with Gasteiger partial charge in [-0.3, -0.25) is 0 Å². The fourth-order valence-electron chi connectivity index (χ4n) is 11.1. The van der Waals surface area contributed by atoms with Crippen LogP contribution in [-0.2, 0) is 26.6 Å². The maximum Gasteiger partial charge on any atom is 0.487 e. The average molecular weight is 1090 g/mol. The van der Waals surface area contributed by atoms with Gasteiger partial charge in [0.05, 0.1) is 35.1 Å². The van der Waals surface area contributed by atoms with Crippen molar-refractivity contribution in [3.8, 4) is 12.3 Å². The Kier molecular flexibility index (Phi) is 30.0.